The van der Waals surface area contributed by atoms with E-state index in [2.05, 4.69) is 24.9 Å². The average molecular weight is 427 g/mol. The molecule has 4 rings (SSSR count). The highest BCUT2D eigenvalue weighted by Crippen LogP contribution is 2.20. The topological polar surface area (TPSA) is 97.5 Å². The lowest BCUT2D eigenvalue weighted by Crippen LogP contribution is -2.45. The minimum Gasteiger partial charge on any atom is -0.439 e. The molecule has 0 bridgehead atoms. The van der Waals surface area contributed by atoms with Gasteiger partial charge in [0.25, 0.3) is 0 Å². The molecule has 0 spiro atoms. The Morgan fingerprint density at radius 1 is 0.929 bits per heavy atom. The van der Waals surface area contributed by atoms with Crippen LogP contribution in [0.3, 0.4) is 0 Å². The molecule has 0 amide bonds. The van der Waals surface area contributed by atoms with Gasteiger partial charge in [-0.25, -0.2) is 4.98 Å². The molecule has 1 aromatic carbocycles. The van der Waals surface area contributed by atoms with Crippen LogP contribution in [0, 0.1) is 0 Å². The predicted octanol–water partition coefficient (Wildman–Crippen LogP) is 2.34. The summed E-state index contributed by atoms with van der Waals surface area (Å²) in [5, 5.41) is 3.95. The second-order valence-electron chi connectivity index (χ2n) is 6.35. The van der Waals surface area contributed by atoms with Crippen molar-refractivity contribution in [1.29, 1.82) is 0 Å². The van der Waals surface area contributed by atoms with Gasteiger partial charge in [-0.2, -0.15) is 4.98 Å². The molecule has 8 nitrogen and oxygen atoms in total. The fourth-order valence-electron chi connectivity index (χ4n) is 3.05. The maximum Gasteiger partial charge on any atom is 0.240 e. The zero-order valence-corrected chi connectivity index (χ0v) is 17.0. The highest BCUT2D eigenvalue weighted by atomic mass is 35.5. The van der Waals surface area contributed by atoms with Gasteiger partial charge in [0, 0.05) is 31.7 Å². The van der Waals surface area contributed by atoms with E-state index in [0.717, 1.165) is 49.9 Å². The third-order valence-electron chi connectivity index (χ3n) is 4.49. The van der Waals surface area contributed by atoms with Crippen LogP contribution in [0.25, 0.3) is 11.3 Å². The van der Waals surface area contributed by atoms with Crippen molar-refractivity contribution < 1.29 is 8.94 Å². The Kier molecular flexibility index (Phi) is 8.40. The van der Waals surface area contributed by atoms with Gasteiger partial charge in [-0.15, -0.1) is 24.8 Å². The van der Waals surface area contributed by atoms with Gasteiger partial charge >= 0.3 is 0 Å². The van der Waals surface area contributed by atoms with Gasteiger partial charge in [0.2, 0.25) is 11.8 Å². The quantitative estimate of drug-likeness (QED) is 0.640. The zero-order chi connectivity index (χ0) is 17.8. The van der Waals surface area contributed by atoms with Crippen LogP contribution in [-0.4, -0.2) is 51.1 Å². The Morgan fingerprint density at radius 2 is 1.61 bits per heavy atom. The van der Waals surface area contributed by atoms with Gasteiger partial charge in [0.15, 0.2) is 11.6 Å². The molecule has 3 heterocycles. The van der Waals surface area contributed by atoms with E-state index in [-0.39, 0.29) is 31.4 Å². The zero-order valence-electron chi connectivity index (χ0n) is 15.4. The SMILES string of the molecule is Cl.Cl.NCc1nc(CN2CCN(Cc3ncc(-c4ccccc4)o3)CC2)no1. The first kappa shape index (κ1) is 22.3. The van der Waals surface area contributed by atoms with Gasteiger partial charge in [0.1, 0.15) is 0 Å². The van der Waals surface area contributed by atoms with E-state index in [0.29, 0.717) is 18.3 Å². The number of nitrogens with zero attached hydrogens (tertiary/aromatic N) is 5. The lowest BCUT2D eigenvalue weighted by molar-refractivity contribution is 0.112. The van der Waals surface area contributed by atoms with E-state index in [9.17, 15) is 0 Å². The molecule has 1 aliphatic rings. The predicted molar refractivity (Wildman–Crippen MR) is 109 cm³/mol. The molecule has 3 aromatic rings. The van der Waals surface area contributed by atoms with Crippen molar-refractivity contribution in [1.82, 2.24) is 24.9 Å². The van der Waals surface area contributed by atoms with Crippen molar-refractivity contribution >= 4 is 24.8 Å². The first-order valence-corrected chi connectivity index (χ1v) is 8.76. The van der Waals surface area contributed by atoms with Crippen molar-refractivity contribution in [2.24, 2.45) is 5.73 Å². The number of oxazole rings is 1. The summed E-state index contributed by atoms with van der Waals surface area (Å²) in [5.74, 6) is 2.74. The number of benzene rings is 1. The molecule has 0 saturated carbocycles. The minimum atomic E-state index is 0. The number of hydrogen-bond donors (Lipinski definition) is 1. The minimum absolute atomic E-state index is 0. The maximum atomic E-state index is 5.90. The maximum absolute atomic E-state index is 5.90. The van der Waals surface area contributed by atoms with Crippen molar-refractivity contribution in [3.8, 4) is 11.3 Å². The average Bonchev–Trinajstić information content (AvgIpc) is 3.33. The fourth-order valence-corrected chi connectivity index (χ4v) is 3.05. The van der Waals surface area contributed by atoms with Crippen LogP contribution >= 0.6 is 24.8 Å². The molecule has 2 aromatic heterocycles. The van der Waals surface area contributed by atoms with Crippen molar-refractivity contribution in [3.05, 3.63) is 54.1 Å². The molecule has 1 fully saturated rings. The van der Waals surface area contributed by atoms with Crippen molar-refractivity contribution in [3.63, 3.8) is 0 Å². The van der Waals surface area contributed by atoms with Crippen LogP contribution in [0.4, 0.5) is 0 Å². The summed E-state index contributed by atoms with van der Waals surface area (Å²) >= 11 is 0. The highest BCUT2D eigenvalue weighted by molar-refractivity contribution is 5.85. The monoisotopic (exact) mass is 426 g/mol. The fraction of sp³-hybridized carbons (Fsp3) is 0.389. The number of aromatic nitrogens is 3. The van der Waals surface area contributed by atoms with E-state index in [4.69, 9.17) is 14.7 Å². The van der Waals surface area contributed by atoms with Crippen LogP contribution in [-0.2, 0) is 19.6 Å². The summed E-state index contributed by atoms with van der Waals surface area (Å²) in [6, 6.07) is 10.0. The molecule has 0 atom stereocenters. The Bertz CT molecular complexity index is 833. The molecule has 0 unspecified atom stereocenters. The van der Waals surface area contributed by atoms with E-state index >= 15 is 0 Å². The van der Waals surface area contributed by atoms with Gasteiger partial charge in [-0.05, 0) is 0 Å². The smallest absolute Gasteiger partial charge is 0.240 e. The second kappa shape index (κ2) is 10.5. The van der Waals surface area contributed by atoms with Gasteiger partial charge in [-0.1, -0.05) is 35.5 Å². The van der Waals surface area contributed by atoms with Gasteiger partial charge in [-0.3, -0.25) is 9.80 Å². The normalized spacial score (nSPS) is 15.0. The van der Waals surface area contributed by atoms with Crippen molar-refractivity contribution in [2.45, 2.75) is 19.6 Å². The lowest BCUT2D eigenvalue weighted by Gasteiger charge is -2.33. The molecular formula is C18H24Cl2N6O2. The molecule has 0 radical (unpaired) electrons. The summed E-state index contributed by atoms with van der Waals surface area (Å²) in [6.45, 7) is 5.48. The lowest BCUT2D eigenvalue weighted by atomic mass is 10.2. The van der Waals surface area contributed by atoms with Gasteiger partial charge in [0.05, 0.1) is 25.8 Å². The standard InChI is InChI=1S/C18H22N6O2.2ClH/c19-10-17-21-16(22-26-17)12-23-6-8-24(9-7-23)13-18-20-11-15(25-18)14-4-2-1-3-5-14;;/h1-5,11H,6-10,12-13,19H2;2*1H. The van der Waals surface area contributed by atoms with E-state index in [1.54, 1.807) is 6.20 Å². The molecule has 28 heavy (non-hydrogen) atoms. The molecule has 0 aliphatic carbocycles. The van der Waals surface area contributed by atoms with Crippen LogP contribution < -0.4 is 5.73 Å². The van der Waals surface area contributed by atoms with Crippen LogP contribution in [0.15, 0.2) is 45.5 Å². The van der Waals surface area contributed by atoms with Crippen LogP contribution in [0.5, 0.6) is 0 Å². The molecule has 152 valence electrons. The molecule has 1 saturated heterocycles. The third kappa shape index (κ3) is 5.52. The number of nitrogens with two attached hydrogens (primary N) is 1. The number of rotatable bonds is 6. The Morgan fingerprint density at radius 3 is 2.25 bits per heavy atom. The second-order valence-corrected chi connectivity index (χ2v) is 6.35. The molecular weight excluding hydrogens is 403 g/mol. The molecule has 10 heteroatoms. The summed E-state index contributed by atoms with van der Waals surface area (Å²) < 4.78 is 10.9. The third-order valence-corrected chi connectivity index (χ3v) is 4.49. The number of piperazine rings is 1. The highest BCUT2D eigenvalue weighted by Gasteiger charge is 2.20. The number of hydrogen-bond acceptors (Lipinski definition) is 8. The summed E-state index contributed by atoms with van der Waals surface area (Å²) in [4.78, 5) is 13.3. The summed E-state index contributed by atoms with van der Waals surface area (Å²) in [6.07, 6.45) is 1.80. The Balaban J connectivity index is 0.00000140. The Hall–Kier alpha value is -1.97. The Labute approximate surface area is 175 Å². The first-order chi connectivity index (χ1) is 12.8. The first-order valence-electron chi connectivity index (χ1n) is 8.76. The van der Waals surface area contributed by atoms with E-state index in [1.807, 2.05) is 30.3 Å². The van der Waals surface area contributed by atoms with Crippen molar-refractivity contribution in [2.75, 3.05) is 26.2 Å². The summed E-state index contributed by atoms with van der Waals surface area (Å²) in [5.41, 5.74) is 6.54. The summed E-state index contributed by atoms with van der Waals surface area (Å²) in [7, 11) is 0. The van der Waals surface area contributed by atoms with Gasteiger partial charge < -0.3 is 14.7 Å². The van der Waals surface area contributed by atoms with E-state index < -0.39 is 0 Å². The van der Waals surface area contributed by atoms with E-state index in [1.165, 1.54) is 0 Å². The van der Waals surface area contributed by atoms with Crippen LogP contribution in [0.1, 0.15) is 17.6 Å². The number of halogens is 2. The van der Waals surface area contributed by atoms with Crippen LogP contribution in [0.2, 0.25) is 0 Å². The molecule has 1 aliphatic heterocycles. The molecule has 2 N–H and O–H groups in total. The largest absolute Gasteiger partial charge is 0.439 e.